The number of carbonyl (C=O) groups is 1. The maximum atomic E-state index is 12.1. The minimum absolute atomic E-state index is 0.0168. The predicted octanol–water partition coefficient (Wildman–Crippen LogP) is 4.64. The molecule has 0 fully saturated rings. The number of thiazole rings is 1. The molecule has 1 N–H and O–H groups in total. The van der Waals surface area contributed by atoms with Gasteiger partial charge in [0.15, 0.2) is 5.13 Å². The van der Waals surface area contributed by atoms with Crippen LogP contribution in [0.3, 0.4) is 0 Å². The Morgan fingerprint density at radius 1 is 1.29 bits per heavy atom. The molecule has 0 bridgehead atoms. The number of rotatable bonds is 5. The first-order valence-electron chi connectivity index (χ1n) is 7.41. The van der Waals surface area contributed by atoms with Gasteiger partial charge in [0, 0.05) is 16.2 Å². The van der Waals surface area contributed by atoms with E-state index < -0.39 is 0 Å². The fourth-order valence-electron chi connectivity index (χ4n) is 2.44. The number of anilines is 1. The van der Waals surface area contributed by atoms with Gasteiger partial charge in [-0.1, -0.05) is 29.5 Å². The summed E-state index contributed by atoms with van der Waals surface area (Å²) in [5.41, 5.74) is 1.91. The Balaban J connectivity index is 1.39. The second-order valence-corrected chi connectivity index (χ2v) is 8.30. The number of nitrogens with one attached hydrogen (secondary N) is 1. The number of thiophene rings is 1. The van der Waals surface area contributed by atoms with Crippen LogP contribution in [-0.4, -0.2) is 16.6 Å². The van der Waals surface area contributed by atoms with Gasteiger partial charge in [0.1, 0.15) is 12.4 Å². The van der Waals surface area contributed by atoms with E-state index in [1.165, 1.54) is 16.2 Å². The molecule has 3 aromatic rings. The standard InChI is InChI=1S/C17H14N2O2S3/c20-15(10-22-9-11-4-3-7-23-11)18-17-19-16-12-5-1-2-6-13(12)21-8-14(16)24-17/h1-7H,8-10H2,(H,18,19,20). The summed E-state index contributed by atoms with van der Waals surface area (Å²) < 4.78 is 5.73. The average molecular weight is 375 g/mol. The number of fused-ring (bicyclic) bond motifs is 3. The molecule has 1 amide bonds. The number of ether oxygens (including phenoxy) is 1. The van der Waals surface area contributed by atoms with Crippen LogP contribution in [0.4, 0.5) is 5.13 Å². The quantitative estimate of drug-likeness (QED) is 0.707. The first-order chi connectivity index (χ1) is 11.8. The van der Waals surface area contributed by atoms with E-state index >= 15 is 0 Å². The highest BCUT2D eigenvalue weighted by molar-refractivity contribution is 7.99. The minimum Gasteiger partial charge on any atom is -0.487 e. The lowest BCUT2D eigenvalue weighted by Crippen LogP contribution is -2.13. The maximum absolute atomic E-state index is 12.1. The van der Waals surface area contributed by atoms with E-state index in [9.17, 15) is 4.79 Å². The fraction of sp³-hybridized carbons (Fsp3) is 0.176. The summed E-state index contributed by atoms with van der Waals surface area (Å²) in [6.45, 7) is 0.507. The summed E-state index contributed by atoms with van der Waals surface area (Å²) in [4.78, 5) is 19.0. The number of carbonyl (C=O) groups excluding carboxylic acids is 1. The van der Waals surface area contributed by atoms with Crippen molar-refractivity contribution in [2.24, 2.45) is 0 Å². The third kappa shape index (κ3) is 3.33. The van der Waals surface area contributed by atoms with Gasteiger partial charge >= 0.3 is 0 Å². The highest BCUT2D eigenvalue weighted by atomic mass is 32.2. The molecule has 3 heterocycles. The summed E-state index contributed by atoms with van der Waals surface area (Å²) in [7, 11) is 0. The van der Waals surface area contributed by atoms with Gasteiger partial charge < -0.3 is 10.1 Å². The van der Waals surface area contributed by atoms with Crippen LogP contribution in [0.15, 0.2) is 41.8 Å². The van der Waals surface area contributed by atoms with Crippen LogP contribution < -0.4 is 10.1 Å². The summed E-state index contributed by atoms with van der Waals surface area (Å²) in [6.07, 6.45) is 0. The molecule has 1 aliphatic rings. The fourth-order valence-corrected chi connectivity index (χ4v) is 5.01. The lowest BCUT2D eigenvalue weighted by molar-refractivity contribution is -0.113. The SMILES string of the molecule is O=C(CSCc1cccs1)Nc1nc2c(s1)COc1ccccc1-2. The molecule has 0 atom stereocenters. The van der Waals surface area contributed by atoms with Gasteiger partial charge in [-0.15, -0.1) is 23.1 Å². The number of hydrogen-bond acceptors (Lipinski definition) is 6. The van der Waals surface area contributed by atoms with Crippen LogP contribution in [0.2, 0.25) is 0 Å². The van der Waals surface area contributed by atoms with Crippen molar-refractivity contribution in [3.05, 3.63) is 51.5 Å². The summed E-state index contributed by atoms with van der Waals surface area (Å²) in [6, 6.07) is 12.0. The van der Waals surface area contributed by atoms with Crippen molar-refractivity contribution in [2.45, 2.75) is 12.4 Å². The number of amides is 1. The Kier molecular flexibility index (Phi) is 4.55. The van der Waals surface area contributed by atoms with E-state index in [0.29, 0.717) is 17.5 Å². The van der Waals surface area contributed by atoms with Crippen molar-refractivity contribution in [2.75, 3.05) is 11.1 Å². The predicted molar refractivity (Wildman–Crippen MR) is 101 cm³/mol. The van der Waals surface area contributed by atoms with Gasteiger partial charge in [-0.05, 0) is 23.6 Å². The molecule has 2 aromatic heterocycles. The van der Waals surface area contributed by atoms with Crippen molar-refractivity contribution in [1.29, 1.82) is 0 Å². The van der Waals surface area contributed by atoms with Crippen LogP contribution in [-0.2, 0) is 17.2 Å². The molecule has 0 saturated heterocycles. The maximum Gasteiger partial charge on any atom is 0.236 e. The smallest absolute Gasteiger partial charge is 0.236 e. The highest BCUT2D eigenvalue weighted by Gasteiger charge is 2.22. The number of para-hydroxylation sites is 1. The van der Waals surface area contributed by atoms with E-state index in [2.05, 4.69) is 21.7 Å². The molecule has 122 valence electrons. The van der Waals surface area contributed by atoms with Gasteiger partial charge in [0.25, 0.3) is 0 Å². The monoisotopic (exact) mass is 374 g/mol. The van der Waals surface area contributed by atoms with Gasteiger partial charge in [0.2, 0.25) is 5.91 Å². The van der Waals surface area contributed by atoms with Gasteiger partial charge in [-0.2, -0.15) is 0 Å². The van der Waals surface area contributed by atoms with E-state index in [1.54, 1.807) is 23.1 Å². The largest absolute Gasteiger partial charge is 0.487 e. The number of hydrogen-bond donors (Lipinski definition) is 1. The third-order valence-electron chi connectivity index (χ3n) is 3.50. The normalized spacial score (nSPS) is 12.2. The number of nitrogens with zero attached hydrogens (tertiary/aromatic N) is 1. The molecule has 0 radical (unpaired) electrons. The van der Waals surface area contributed by atoms with Gasteiger partial charge in [-0.3, -0.25) is 4.79 Å². The van der Waals surface area contributed by atoms with E-state index in [4.69, 9.17) is 4.74 Å². The lowest BCUT2D eigenvalue weighted by atomic mass is 10.1. The third-order valence-corrected chi connectivity index (χ3v) is 6.49. The van der Waals surface area contributed by atoms with Crippen molar-refractivity contribution < 1.29 is 9.53 Å². The summed E-state index contributed by atoms with van der Waals surface area (Å²) in [5.74, 6) is 2.12. The molecule has 1 aromatic carbocycles. The van der Waals surface area contributed by atoms with E-state index in [1.807, 2.05) is 30.3 Å². The lowest BCUT2D eigenvalue weighted by Gasteiger charge is -2.15. The Labute approximate surface area is 151 Å². The summed E-state index contributed by atoms with van der Waals surface area (Å²) in [5, 5.41) is 5.60. The summed E-state index contributed by atoms with van der Waals surface area (Å²) >= 11 is 4.81. The molecule has 0 unspecified atom stereocenters. The molecular weight excluding hydrogens is 360 g/mol. The molecule has 1 aliphatic heterocycles. The van der Waals surface area contributed by atoms with Crippen LogP contribution in [0.5, 0.6) is 5.75 Å². The molecule has 4 nitrogen and oxygen atoms in total. The number of thioether (sulfide) groups is 1. The van der Waals surface area contributed by atoms with Crippen molar-refractivity contribution in [3.8, 4) is 17.0 Å². The zero-order valence-electron chi connectivity index (χ0n) is 12.7. The van der Waals surface area contributed by atoms with Crippen LogP contribution in [0.25, 0.3) is 11.3 Å². The Morgan fingerprint density at radius 2 is 2.21 bits per heavy atom. The van der Waals surface area contributed by atoms with Crippen LogP contribution in [0, 0.1) is 0 Å². The minimum atomic E-state index is -0.0168. The second kappa shape index (κ2) is 6.96. The van der Waals surface area contributed by atoms with E-state index in [0.717, 1.165) is 27.6 Å². The zero-order valence-corrected chi connectivity index (χ0v) is 15.1. The van der Waals surface area contributed by atoms with E-state index in [-0.39, 0.29) is 5.91 Å². The number of benzene rings is 1. The average Bonchev–Trinajstić information content (AvgIpc) is 3.24. The first kappa shape index (κ1) is 15.7. The molecule has 0 saturated carbocycles. The van der Waals surface area contributed by atoms with Crippen LogP contribution in [0.1, 0.15) is 9.75 Å². The van der Waals surface area contributed by atoms with Crippen LogP contribution >= 0.6 is 34.4 Å². The van der Waals surface area contributed by atoms with Gasteiger partial charge in [-0.25, -0.2) is 4.98 Å². The molecule has 4 rings (SSSR count). The second-order valence-electron chi connectivity index (χ2n) is 5.20. The van der Waals surface area contributed by atoms with Crippen molar-refractivity contribution in [3.63, 3.8) is 0 Å². The Bertz CT molecular complexity index is 859. The molecule has 0 aliphatic carbocycles. The first-order valence-corrected chi connectivity index (χ1v) is 10.3. The zero-order chi connectivity index (χ0) is 16.4. The molecular formula is C17H14N2O2S3. The molecule has 0 spiro atoms. The van der Waals surface area contributed by atoms with Gasteiger partial charge in [0.05, 0.1) is 16.3 Å². The van der Waals surface area contributed by atoms with Crippen molar-refractivity contribution >= 4 is 45.5 Å². The Hall–Kier alpha value is -1.83. The molecule has 24 heavy (non-hydrogen) atoms. The molecule has 7 heteroatoms. The Morgan fingerprint density at radius 3 is 3.08 bits per heavy atom. The number of aromatic nitrogens is 1. The van der Waals surface area contributed by atoms with Crippen molar-refractivity contribution in [1.82, 2.24) is 4.98 Å². The highest BCUT2D eigenvalue weighted by Crippen LogP contribution is 2.40. The topological polar surface area (TPSA) is 51.2 Å².